The third-order valence-corrected chi connectivity index (χ3v) is 4.13. The number of carbonyl (C=O) groups is 1. The zero-order valence-corrected chi connectivity index (χ0v) is 13.1. The van der Waals surface area contributed by atoms with Gasteiger partial charge in [-0.05, 0) is 25.5 Å². The van der Waals surface area contributed by atoms with E-state index in [4.69, 9.17) is 4.74 Å². The molecule has 0 unspecified atom stereocenters. The largest absolute Gasteiger partial charge is 0.385 e. The number of pyridine rings is 1. The minimum Gasteiger partial charge on any atom is -0.385 e. The predicted molar refractivity (Wildman–Crippen MR) is 83.3 cm³/mol. The Morgan fingerprint density at radius 1 is 1.43 bits per heavy atom. The van der Waals surface area contributed by atoms with Crippen molar-refractivity contribution in [1.82, 2.24) is 15.3 Å². The molecule has 0 saturated heterocycles. The van der Waals surface area contributed by atoms with E-state index in [0.29, 0.717) is 19.6 Å². The molecule has 21 heavy (non-hydrogen) atoms. The molecule has 0 spiro atoms. The van der Waals surface area contributed by atoms with Gasteiger partial charge in [-0.25, -0.2) is 4.98 Å². The van der Waals surface area contributed by atoms with Gasteiger partial charge < -0.3 is 10.1 Å². The summed E-state index contributed by atoms with van der Waals surface area (Å²) in [7, 11) is 1.65. The van der Waals surface area contributed by atoms with Crippen LogP contribution in [0.2, 0.25) is 0 Å². The average molecular weight is 305 g/mol. The number of hydrogen-bond acceptors (Lipinski definition) is 5. The molecule has 0 saturated carbocycles. The zero-order chi connectivity index (χ0) is 15.1. The van der Waals surface area contributed by atoms with E-state index in [2.05, 4.69) is 15.3 Å². The third-order valence-electron chi connectivity index (χ3n) is 2.95. The van der Waals surface area contributed by atoms with Crippen molar-refractivity contribution in [2.45, 2.75) is 19.8 Å². The first kappa shape index (κ1) is 15.6. The molecule has 0 radical (unpaired) electrons. The first-order valence-electron chi connectivity index (χ1n) is 6.84. The van der Waals surface area contributed by atoms with Crippen molar-refractivity contribution < 1.29 is 9.53 Å². The molecule has 0 atom stereocenters. The summed E-state index contributed by atoms with van der Waals surface area (Å²) in [4.78, 5) is 21.7. The number of amides is 1. The van der Waals surface area contributed by atoms with Gasteiger partial charge in [0.15, 0.2) is 0 Å². The minimum atomic E-state index is 0.0189. The Morgan fingerprint density at radius 2 is 2.29 bits per heavy atom. The predicted octanol–water partition coefficient (Wildman–Crippen LogP) is 2.21. The number of methoxy groups -OCH3 is 1. The van der Waals surface area contributed by atoms with Crippen molar-refractivity contribution in [3.8, 4) is 10.7 Å². The highest BCUT2D eigenvalue weighted by molar-refractivity contribution is 7.15. The van der Waals surface area contributed by atoms with Gasteiger partial charge in [-0.15, -0.1) is 11.3 Å². The number of hydrogen-bond donors (Lipinski definition) is 1. The Bertz CT molecular complexity index is 584. The number of aromatic nitrogens is 2. The topological polar surface area (TPSA) is 64.1 Å². The van der Waals surface area contributed by atoms with Crippen molar-refractivity contribution >= 4 is 17.2 Å². The van der Waals surface area contributed by atoms with Gasteiger partial charge in [0.25, 0.3) is 0 Å². The molecule has 2 aromatic heterocycles. The molecule has 2 aromatic rings. The van der Waals surface area contributed by atoms with E-state index in [-0.39, 0.29) is 5.91 Å². The molecule has 0 aliphatic heterocycles. The van der Waals surface area contributed by atoms with E-state index in [0.717, 1.165) is 27.7 Å². The maximum absolute atomic E-state index is 11.9. The molecule has 1 amide bonds. The maximum Gasteiger partial charge on any atom is 0.225 e. The molecule has 6 heteroatoms. The normalized spacial score (nSPS) is 10.6. The van der Waals surface area contributed by atoms with Crippen molar-refractivity contribution in [3.63, 3.8) is 0 Å². The van der Waals surface area contributed by atoms with Crippen molar-refractivity contribution in [1.29, 1.82) is 0 Å². The molecule has 0 aromatic carbocycles. The lowest BCUT2D eigenvalue weighted by molar-refractivity contribution is -0.120. The van der Waals surface area contributed by atoms with Gasteiger partial charge in [-0.2, -0.15) is 0 Å². The number of aryl methyl sites for hydroxylation is 1. The Balaban J connectivity index is 1.95. The summed E-state index contributed by atoms with van der Waals surface area (Å²) >= 11 is 1.53. The Morgan fingerprint density at radius 3 is 3.00 bits per heavy atom. The quantitative estimate of drug-likeness (QED) is 0.797. The average Bonchev–Trinajstić information content (AvgIpc) is 2.86. The second-order valence-electron chi connectivity index (χ2n) is 4.62. The van der Waals surface area contributed by atoms with Gasteiger partial charge in [-0.1, -0.05) is 6.07 Å². The molecular weight excluding hydrogens is 286 g/mol. The molecule has 0 bridgehead atoms. The summed E-state index contributed by atoms with van der Waals surface area (Å²) in [6, 6.07) is 5.73. The van der Waals surface area contributed by atoms with E-state index in [1.54, 1.807) is 13.3 Å². The number of thiazole rings is 1. The van der Waals surface area contributed by atoms with Gasteiger partial charge in [0, 0.05) is 31.3 Å². The Kier molecular flexibility index (Phi) is 5.83. The monoisotopic (exact) mass is 305 g/mol. The zero-order valence-electron chi connectivity index (χ0n) is 12.3. The fourth-order valence-electron chi connectivity index (χ4n) is 1.84. The van der Waals surface area contributed by atoms with Gasteiger partial charge >= 0.3 is 0 Å². The second-order valence-corrected chi connectivity index (χ2v) is 5.70. The summed E-state index contributed by atoms with van der Waals surface area (Å²) in [6.07, 6.45) is 2.93. The van der Waals surface area contributed by atoms with Crippen LogP contribution in [0.4, 0.5) is 0 Å². The lowest BCUT2D eigenvalue weighted by atomic mass is 10.3. The van der Waals surface area contributed by atoms with Crippen LogP contribution in [-0.4, -0.2) is 36.1 Å². The highest BCUT2D eigenvalue weighted by Crippen LogP contribution is 2.26. The minimum absolute atomic E-state index is 0.0189. The molecule has 0 aliphatic rings. The SMILES string of the molecule is COCCCNC(=O)Cc1sc(-c2ccccn2)nc1C. The van der Waals surface area contributed by atoms with Gasteiger partial charge in [0.2, 0.25) is 5.91 Å². The van der Waals surface area contributed by atoms with Crippen molar-refractivity contribution in [2.24, 2.45) is 0 Å². The Labute approximate surface area is 128 Å². The number of nitrogens with zero attached hydrogens (tertiary/aromatic N) is 2. The lowest BCUT2D eigenvalue weighted by Crippen LogP contribution is -2.26. The van der Waals surface area contributed by atoms with Crippen LogP contribution in [0.1, 0.15) is 17.0 Å². The number of nitrogens with one attached hydrogen (secondary N) is 1. The van der Waals surface area contributed by atoms with Gasteiger partial charge in [0.1, 0.15) is 5.01 Å². The van der Waals surface area contributed by atoms with Crippen LogP contribution in [0.25, 0.3) is 10.7 Å². The molecule has 1 N–H and O–H groups in total. The smallest absolute Gasteiger partial charge is 0.225 e. The van der Waals surface area contributed by atoms with Crippen LogP contribution in [0.3, 0.4) is 0 Å². The summed E-state index contributed by atoms with van der Waals surface area (Å²) in [5, 5.41) is 3.74. The summed E-state index contributed by atoms with van der Waals surface area (Å²) in [6.45, 7) is 3.22. The third kappa shape index (κ3) is 4.61. The van der Waals surface area contributed by atoms with Crippen LogP contribution in [0.15, 0.2) is 24.4 Å². The fourth-order valence-corrected chi connectivity index (χ4v) is 2.88. The maximum atomic E-state index is 11.9. The van der Waals surface area contributed by atoms with Crippen LogP contribution >= 0.6 is 11.3 Å². The second kappa shape index (κ2) is 7.85. The molecule has 112 valence electrons. The summed E-state index contributed by atoms with van der Waals surface area (Å²) in [5.41, 5.74) is 1.74. The molecular formula is C15H19N3O2S. The van der Waals surface area contributed by atoms with E-state index in [9.17, 15) is 4.79 Å². The van der Waals surface area contributed by atoms with Gasteiger partial charge in [0.05, 0.1) is 17.8 Å². The van der Waals surface area contributed by atoms with E-state index in [1.807, 2.05) is 25.1 Å². The van der Waals surface area contributed by atoms with Crippen molar-refractivity contribution in [2.75, 3.05) is 20.3 Å². The van der Waals surface area contributed by atoms with Crippen LogP contribution in [0, 0.1) is 6.92 Å². The Hall–Kier alpha value is -1.79. The molecule has 0 aliphatic carbocycles. The summed E-state index contributed by atoms with van der Waals surface area (Å²) < 4.78 is 4.95. The van der Waals surface area contributed by atoms with Gasteiger partial charge in [-0.3, -0.25) is 9.78 Å². The van der Waals surface area contributed by atoms with E-state index >= 15 is 0 Å². The van der Waals surface area contributed by atoms with Crippen molar-refractivity contribution in [3.05, 3.63) is 35.0 Å². The summed E-state index contributed by atoms with van der Waals surface area (Å²) in [5.74, 6) is 0.0189. The standard InChI is InChI=1S/C15H19N3O2S/c1-11-13(10-14(19)17-8-5-9-20-2)21-15(18-11)12-6-3-4-7-16-12/h3-4,6-7H,5,8-10H2,1-2H3,(H,17,19). The molecule has 2 rings (SSSR count). The first-order valence-corrected chi connectivity index (χ1v) is 7.65. The molecule has 0 fully saturated rings. The number of rotatable bonds is 7. The van der Waals surface area contributed by atoms with E-state index in [1.165, 1.54) is 11.3 Å². The van der Waals surface area contributed by atoms with Crippen LogP contribution < -0.4 is 5.32 Å². The highest BCUT2D eigenvalue weighted by atomic mass is 32.1. The number of ether oxygens (including phenoxy) is 1. The molecule has 5 nitrogen and oxygen atoms in total. The first-order chi connectivity index (χ1) is 10.2. The highest BCUT2D eigenvalue weighted by Gasteiger charge is 2.13. The van der Waals surface area contributed by atoms with E-state index < -0.39 is 0 Å². The van der Waals surface area contributed by atoms with Crippen LogP contribution in [0.5, 0.6) is 0 Å². The lowest BCUT2D eigenvalue weighted by Gasteiger charge is -2.03. The fraction of sp³-hybridized carbons (Fsp3) is 0.400. The number of carbonyl (C=O) groups excluding carboxylic acids is 1. The molecule has 2 heterocycles. The van der Waals surface area contributed by atoms with Crippen LogP contribution in [-0.2, 0) is 16.0 Å².